The van der Waals surface area contributed by atoms with Gasteiger partial charge >= 0.3 is 0 Å². The molecule has 0 bridgehead atoms. The van der Waals surface area contributed by atoms with Crippen molar-refractivity contribution in [1.29, 1.82) is 0 Å². The first-order valence-corrected chi connectivity index (χ1v) is 6.94. The third-order valence-corrected chi connectivity index (χ3v) is 3.66. The second-order valence-electron chi connectivity index (χ2n) is 4.93. The van der Waals surface area contributed by atoms with E-state index in [2.05, 4.69) is 24.2 Å². The van der Waals surface area contributed by atoms with Crippen LogP contribution in [0, 0.1) is 6.92 Å². The Morgan fingerprint density at radius 2 is 2.00 bits per heavy atom. The Morgan fingerprint density at radius 1 is 1.29 bits per heavy atom. The fraction of sp³-hybridized carbons (Fsp3) is 0.188. The molecule has 2 rings (SSSR count). The van der Waals surface area contributed by atoms with E-state index in [1.165, 1.54) is 11.1 Å². The van der Waals surface area contributed by atoms with Gasteiger partial charge in [0.1, 0.15) is 0 Å². The molecule has 0 fully saturated rings. The summed E-state index contributed by atoms with van der Waals surface area (Å²) in [4.78, 5) is 2.03. The van der Waals surface area contributed by atoms with E-state index in [1.807, 2.05) is 30.1 Å². The van der Waals surface area contributed by atoms with Crippen molar-refractivity contribution in [3.63, 3.8) is 0 Å². The highest BCUT2D eigenvalue weighted by Gasteiger charge is 2.13. The number of amidine groups is 1. The third kappa shape index (κ3) is 3.47. The van der Waals surface area contributed by atoms with E-state index in [4.69, 9.17) is 22.5 Å². The summed E-state index contributed by atoms with van der Waals surface area (Å²) < 4.78 is 0. The first-order chi connectivity index (χ1) is 10.0. The maximum atomic E-state index is 8.91. The molecule has 0 unspecified atom stereocenters. The van der Waals surface area contributed by atoms with Gasteiger partial charge in [-0.05, 0) is 36.2 Å². The van der Waals surface area contributed by atoms with Crippen molar-refractivity contribution in [2.45, 2.75) is 13.5 Å². The van der Waals surface area contributed by atoms with Crippen molar-refractivity contribution < 1.29 is 5.21 Å². The molecule has 4 nitrogen and oxygen atoms in total. The van der Waals surface area contributed by atoms with Crippen LogP contribution in [0.15, 0.2) is 47.6 Å². The molecular formula is C16H18ClN3O. The molecule has 0 aliphatic heterocycles. The molecule has 0 aliphatic rings. The molecule has 0 amide bonds. The van der Waals surface area contributed by atoms with Crippen molar-refractivity contribution in [3.05, 3.63) is 64.2 Å². The number of hydrogen-bond donors (Lipinski definition) is 2. The van der Waals surface area contributed by atoms with E-state index in [-0.39, 0.29) is 5.84 Å². The Hall–Kier alpha value is -2.20. The second-order valence-corrected chi connectivity index (χ2v) is 5.37. The van der Waals surface area contributed by atoms with Gasteiger partial charge in [0.25, 0.3) is 0 Å². The fourth-order valence-corrected chi connectivity index (χ4v) is 2.39. The minimum Gasteiger partial charge on any atom is -0.409 e. The molecule has 21 heavy (non-hydrogen) atoms. The summed E-state index contributed by atoms with van der Waals surface area (Å²) in [6.45, 7) is 2.78. The Labute approximate surface area is 129 Å². The van der Waals surface area contributed by atoms with Gasteiger partial charge in [-0.25, -0.2) is 0 Å². The lowest BCUT2D eigenvalue weighted by Gasteiger charge is -2.23. The van der Waals surface area contributed by atoms with Crippen LogP contribution >= 0.6 is 11.6 Å². The Bertz CT molecular complexity index is 670. The molecule has 0 saturated carbocycles. The molecule has 0 atom stereocenters. The Morgan fingerprint density at radius 3 is 2.67 bits per heavy atom. The van der Waals surface area contributed by atoms with Crippen molar-refractivity contribution in [2.24, 2.45) is 10.9 Å². The minimum absolute atomic E-state index is 0.0679. The third-order valence-electron chi connectivity index (χ3n) is 3.42. The lowest BCUT2D eigenvalue weighted by atomic mass is 10.1. The van der Waals surface area contributed by atoms with Gasteiger partial charge in [-0.3, -0.25) is 0 Å². The summed E-state index contributed by atoms with van der Waals surface area (Å²) in [7, 11) is 1.95. The second kappa shape index (κ2) is 6.50. The lowest BCUT2D eigenvalue weighted by Crippen LogP contribution is -2.23. The fourth-order valence-electron chi connectivity index (χ4n) is 2.22. The van der Waals surface area contributed by atoms with Gasteiger partial charge in [-0.15, -0.1) is 0 Å². The quantitative estimate of drug-likeness (QED) is 0.394. The van der Waals surface area contributed by atoms with Crippen molar-refractivity contribution >= 4 is 23.1 Å². The number of nitrogens with two attached hydrogens (primary N) is 1. The van der Waals surface area contributed by atoms with E-state index >= 15 is 0 Å². The largest absolute Gasteiger partial charge is 0.409 e. The van der Waals surface area contributed by atoms with Crippen LogP contribution in [-0.4, -0.2) is 18.1 Å². The summed E-state index contributed by atoms with van der Waals surface area (Å²) in [5, 5.41) is 12.6. The molecule has 0 aliphatic carbocycles. The van der Waals surface area contributed by atoms with Gasteiger partial charge in [-0.2, -0.15) is 0 Å². The average molecular weight is 304 g/mol. The van der Waals surface area contributed by atoms with Gasteiger partial charge in [0.05, 0.1) is 0 Å². The molecule has 0 heterocycles. The van der Waals surface area contributed by atoms with E-state index in [1.54, 1.807) is 12.1 Å². The number of hydrogen-bond acceptors (Lipinski definition) is 3. The zero-order chi connectivity index (χ0) is 15.4. The van der Waals surface area contributed by atoms with Crippen LogP contribution in [-0.2, 0) is 6.54 Å². The molecular weight excluding hydrogens is 286 g/mol. The van der Waals surface area contributed by atoms with Gasteiger partial charge in [0.15, 0.2) is 5.84 Å². The maximum absolute atomic E-state index is 8.91. The molecule has 5 heteroatoms. The first kappa shape index (κ1) is 15.2. The molecule has 0 saturated heterocycles. The van der Waals surface area contributed by atoms with Crippen LogP contribution in [0.5, 0.6) is 0 Å². The molecule has 110 valence electrons. The van der Waals surface area contributed by atoms with Crippen LogP contribution in [0.2, 0.25) is 5.02 Å². The molecule has 0 radical (unpaired) electrons. The molecule has 3 N–H and O–H groups in total. The number of rotatable bonds is 4. The predicted octanol–water partition coefficient (Wildman–Crippen LogP) is 3.38. The Kier molecular flexibility index (Phi) is 4.70. The van der Waals surface area contributed by atoms with Crippen LogP contribution < -0.4 is 10.6 Å². The van der Waals surface area contributed by atoms with Gasteiger partial charge < -0.3 is 15.8 Å². The number of nitrogens with zero attached hydrogens (tertiary/aromatic N) is 2. The molecule has 0 aromatic heterocycles. The smallest absolute Gasteiger partial charge is 0.172 e. The monoisotopic (exact) mass is 303 g/mol. The lowest BCUT2D eigenvalue weighted by molar-refractivity contribution is 0.318. The zero-order valence-electron chi connectivity index (χ0n) is 12.0. The summed E-state index contributed by atoms with van der Waals surface area (Å²) in [5.41, 5.74) is 9.64. The highest BCUT2D eigenvalue weighted by Crippen LogP contribution is 2.26. The van der Waals surface area contributed by atoms with Crippen LogP contribution in [0.25, 0.3) is 0 Å². The number of aryl methyl sites for hydroxylation is 1. The van der Waals surface area contributed by atoms with E-state index in [0.717, 1.165) is 5.69 Å². The predicted molar refractivity (Wildman–Crippen MR) is 87.2 cm³/mol. The highest BCUT2D eigenvalue weighted by atomic mass is 35.5. The van der Waals surface area contributed by atoms with Crippen molar-refractivity contribution in [2.75, 3.05) is 11.9 Å². The summed E-state index contributed by atoms with van der Waals surface area (Å²) >= 11 is 6.07. The normalized spacial score (nSPS) is 11.5. The SMILES string of the molecule is Cc1ccccc1CN(C)c1cc(Cl)ccc1C(N)=NO. The van der Waals surface area contributed by atoms with Crippen LogP contribution in [0.3, 0.4) is 0 Å². The number of oxime groups is 1. The number of halogens is 1. The van der Waals surface area contributed by atoms with Gasteiger partial charge in [0.2, 0.25) is 0 Å². The van der Waals surface area contributed by atoms with Crippen molar-refractivity contribution in [1.82, 2.24) is 0 Å². The van der Waals surface area contributed by atoms with E-state index in [0.29, 0.717) is 17.1 Å². The molecule has 2 aromatic carbocycles. The number of benzene rings is 2. The van der Waals surface area contributed by atoms with Gasteiger partial charge in [0, 0.05) is 29.9 Å². The van der Waals surface area contributed by atoms with Crippen LogP contribution in [0.1, 0.15) is 16.7 Å². The van der Waals surface area contributed by atoms with Crippen LogP contribution in [0.4, 0.5) is 5.69 Å². The maximum Gasteiger partial charge on any atom is 0.172 e. The first-order valence-electron chi connectivity index (χ1n) is 6.56. The zero-order valence-corrected chi connectivity index (χ0v) is 12.8. The van der Waals surface area contributed by atoms with E-state index in [9.17, 15) is 0 Å². The summed E-state index contributed by atoms with van der Waals surface area (Å²) in [6, 6.07) is 13.5. The number of anilines is 1. The van der Waals surface area contributed by atoms with E-state index < -0.39 is 0 Å². The van der Waals surface area contributed by atoms with Crippen molar-refractivity contribution in [3.8, 4) is 0 Å². The Balaban J connectivity index is 2.37. The molecule has 2 aromatic rings. The highest BCUT2D eigenvalue weighted by molar-refractivity contribution is 6.31. The topological polar surface area (TPSA) is 61.8 Å². The summed E-state index contributed by atoms with van der Waals surface area (Å²) in [5.74, 6) is 0.0679. The summed E-state index contributed by atoms with van der Waals surface area (Å²) in [6.07, 6.45) is 0. The van der Waals surface area contributed by atoms with Gasteiger partial charge in [-0.1, -0.05) is 41.0 Å². The molecule has 0 spiro atoms. The standard InChI is InChI=1S/C16H18ClN3O/c1-11-5-3-4-6-12(11)10-20(2)15-9-13(17)7-8-14(15)16(18)19-21/h3-9,21H,10H2,1-2H3,(H2,18,19). The minimum atomic E-state index is 0.0679. The average Bonchev–Trinajstić information content (AvgIpc) is 2.48.